The van der Waals surface area contributed by atoms with Crippen LogP contribution in [-0.2, 0) is 25.4 Å². The number of carbonyl (C=O) groups is 2. The molecule has 2 rings (SSSR count). The van der Waals surface area contributed by atoms with Gasteiger partial charge in [-0.05, 0) is 88.4 Å². The molecule has 2 atom stereocenters. The maximum atomic E-state index is 13.1. The first-order valence-electron chi connectivity index (χ1n) is 13.0. The molecule has 216 valence electrons. The van der Waals surface area contributed by atoms with Crippen LogP contribution in [0.3, 0.4) is 0 Å². The Morgan fingerprint density at radius 3 is 2.36 bits per heavy atom. The number of hydrogen-bond acceptors (Lipinski definition) is 8. The molecule has 0 aliphatic heterocycles. The topological polar surface area (TPSA) is 130 Å². The van der Waals surface area contributed by atoms with E-state index in [-0.39, 0.29) is 18.8 Å². The van der Waals surface area contributed by atoms with Crippen LogP contribution in [0.15, 0.2) is 42.5 Å². The molecule has 0 aromatic heterocycles. The van der Waals surface area contributed by atoms with Gasteiger partial charge in [-0.2, -0.15) is 0 Å². The van der Waals surface area contributed by atoms with Gasteiger partial charge in [0, 0.05) is 12.8 Å². The van der Waals surface area contributed by atoms with Crippen molar-refractivity contribution in [2.45, 2.75) is 64.2 Å². The molecule has 2 aromatic carbocycles. The van der Waals surface area contributed by atoms with E-state index in [9.17, 15) is 9.59 Å². The quantitative estimate of drug-likeness (QED) is 0.278. The molecule has 10 nitrogen and oxygen atoms in total. The van der Waals surface area contributed by atoms with Gasteiger partial charge in [-0.15, -0.1) is 0 Å². The SMILES string of the molecule is COCOC(CCc1ccc(OC)c(OC)c1)c1cccc(NC(=O)C(CCCN)NC(=O)OC(C)(C)C)c1. The van der Waals surface area contributed by atoms with E-state index < -0.39 is 17.7 Å². The second-order valence-electron chi connectivity index (χ2n) is 10.0. The van der Waals surface area contributed by atoms with Crippen LogP contribution in [0.4, 0.5) is 10.5 Å². The molecule has 2 unspecified atom stereocenters. The highest BCUT2D eigenvalue weighted by Crippen LogP contribution is 2.30. The van der Waals surface area contributed by atoms with E-state index in [0.717, 1.165) is 11.1 Å². The Hall–Kier alpha value is -3.34. The van der Waals surface area contributed by atoms with Crippen molar-refractivity contribution in [1.82, 2.24) is 5.32 Å². The van der Waals surface area contributed by atoms with E-state index in [0.29, 0.717) is 49.4 Å². The molecule has 39 heavy (non-hydrogen) atoms. The fourth-order valence-electron chi connectivity index (χ4n) is 3.92. The lowest BCUT2D eigenvalue weighted by atomic mass is 10.00. The Morgan fingerprint density at radius 1 is 0.974 bits per heavy atom. The Balaban J connectivity index is 2.15. The normalized spacial score (nSPS) is 12.8. The number of amides is 2. The lowest BCUT2D eigenvalue weighted by Gasteiger charge is -2.23. The van der Waals surface area contributed by atoms with Crippen molar-refractivity contribution in [3.63, 3.8) is 0 Å². The number of anilines is 1. The van der Waals surface area contributed by atoms with Crippen LogP contribution in [0.2, 0.25) is 0 Å². The summed E-state index contributed by atoms with van der Waals surface area (Å²) in [4.78, 5) is 25.4. The van der Waals surface area contributed by atoms with Crippen LogP contribution in [0.25, 0.3) is 0 Å². The molecule has 0 saturated carbocycles. The van der Waals surface area contributed by atoms with Gasteiger partial charge in [-0.1, -0.05) is 18.2 Å². The standard InChI is InChI=1S/C29H43N3O7/c1-29(2,3)39-28(34)32-23(11-8-16-30)27(33)31-22-10-7-9-21(18-22)24(38-19-35-4)14-12-20-13-15-25(36-5)26(17-20)37-6/h7,9-10,13,15,17-18,23-24H,8,11-12,14,16,19,30H2,1-6H3,(H,31,33)(H,32,34). The van der Waals surface area contributed by atoms with Crippen LogP contribution in [0.1, 0.15) is 57.3 Å². The summed E-state index contributed by atoms with van der Waals surface area (Å²) in [7, 11) is 4.78. The zero-order valence-corrected chi connectivity index (χ0v) is 23.9. The van der Waals surface area contributed by atoms with Crippen LogP contribution in [-0.4, -0.2) is 58.3 Å². The molecule has 0 heterocycles. The minimum Gasteiger partial charge on any atom is -0.493 e. The molecule has 10 heteroatoms. The third kappa shape index (κ3) is 11.1. The second kappa shape index (κ2) is 15.9. The molecule has 4 N–H and O–H groups in total. The molecule has 0 spiro atoms. The highest BCUT2D eigenvalue weighted by Gasteiger charge is 2.24. The smallest absolute Gasteiger partial charge is 0.408 e. The maximum Gasteiger partial charge on any atom is 0.408 e. The van der Waals surface area contributed by atoms with Crippen LogP contribution in [0, 0.1) is 0 Å². The predicted octanol–water partition coefficient (Wildman–Crippen LogP) is 4.57. The average molecular weight is 546 g/mol. The van der Waals surface area contributed by atoms with E-state index in [1.54, 1.807) is 48.2 Å². The Labute approximate surface area is 231 Å². The molecule has 0 aliphatic rings. The monoisotopic (exact) mass is 545 g/mol. The van der Waals surface area contributed by atoms with Gasteiger partial charge in [0.2, 0.25) is 5.91 Å². The summed E-state index contributed by atoms with van der Waals surface area (Å²) in [5, 5.41) is 5.57. The zero-order valence-electron chi connectivity index (χ0n) is 23.9. The number of nitrogens with one attached hydrogen (secondary N) is 2. The summed E-state index contributed by atoms with van der Waals surface area (Å²) in [6.07, 6.45) is 1.38. The third-order valence-electron chi connectivity index (χ3n) is 5.76. The lowest BCUT2D eigenvalue weighted by Crippen LogP contribution is -2.46. The summed E-state index contributed by atoms with van der Waals surface area (Å²) >= 11 is 0. The Morgan fingerprint density at radius 2 is 1.72 bits per heavy atom. The van der Waals surface area contributed by atoms with Gasteiger partial charge < -0.3 is 40.1 Å². The summed E-state index contributed by atoms with van der Waals surface area (Å²) in [5.41, 5.74) is 7.49. The van der Waals surface area contributed by atoms with Crippen molar-refractivity contribution >= 4 is 17.7 Å². The first kappa shape index (κ1) is 31.9. The number of alkyl carbamates (subject to hydrolysis) is 1. The van der Waals surface area contributed by atoms with Gasteiger partial charge >= 0.3 is 6.09 Å². The molecule has 2 amide bonds. The Bertz CT molecular complexity index is 1060. The van der Waals surface area contributed by atoms with Crippen molar-refractivity contribution < 1.29 is 33.3 Å². The number of carbonyl (C=O) groups excluding carboxylic acids is 2. The van der Waals surface area contributed by atoms with E-state index in [2.05, 4.69) is 10.6 Å². The molecular formula is C29H43N3O7. The molecule has 0 aliphatic carbocycles. The average Bonchev–Trinajstić information content (AvgIpc) is 2.89. The van der Waals surface area contributed by atoms with Crippen molar-refractivity contribution in [1.29, 1.82) is 0 Å². The number of ether oxygens (including phenoxy) is 5. The predicted molar refractivity (Wildman–Crippen MR) is 150 cm³/mol. The number of aryl methyl sites for hydroxylation is 1. The van der Waals surface area contributed by atoms with Gasteiger partial charge in [0.1, 0.15) is 18.4 Å². The summed E-state index contributed by atoms with van der Waals surface area (Å²) in [6.45, 7) is 5.81. The molecule has 0 fully saturated rings. The van der Waals surface area contributed by atoms with E-state index in [1.807, 2.05) is 36.4 Å². The highest BCUT2D eigenvalue weighted by atomic mass is 16.7. The minimum atomic E-state index is -0.794. The minimum absolute atomic E-state index is 0.119. The van der Waals surface area contributed by atoms with Gasteiger partial charge in [0.25, 0.3) is 0 Å². The summed E-state index contributed by atoms with van der Waals surface area (Å²) < 4.78 is 27.2. The molecule has 0 saturated heterocycles. The molecule has 2 aromatic rings. The van der Waals surface area contributed by atoms with E-state index >= 15 is 0 Å². The van der Waals surface area contributed by atoms with Gasteiger partial charge in [0.15, 0.2) is 11.5 Å². The van der Waals surface area contributed by atoms with Gasteiger partial charge in [-0.3, -0.25) is 4.79 Å². The van der Waals surface area contributed by atoms with E-state index in [1.165, 1.54) is 0 Å². The van der Waals surface area contributed by atoms with Crippen molar-refractivity contribution in [2.24, 2.45) is 5.73 Å². The summed E-state index contributed by atoms with van der Waals surface area (Å²) in [6, 6.07) is 12.5. The van der Waals surface area contributed by atoms with Crippen LogP contribution in [0.5, 0.6) is 11.5 Å². The fraction of sp³-hybridized carbons (Fsp3) is 0.517. The van der Waals surface area contributed by atoms with Crippen LogP contribution < -0.4 is 25.8 Å². The molecule has 0 radical (unpaired) electrons. The number of methoxy groups -OCH3 is 3. The Kier molecular flexibility index (Phi) is 13.0. The first-order valence-corrected chi connectivity index (χ1v) is 13.0. The van der Waals surface area contributed by atoms with Crippen molar-refractivity contribution in [3.05, 3.63) is 53.6 Å². The zero-order chi connectivity index (χ0) is 28.8. The molecule has 0 bridgehead atoms. The highest BCUT2D eigenvalue weighted by molar-refractivity contribution is 5.96. The van der Waals surface area contributed by atoms with Gasteiger partial charge in [-0.25, -0.2) is 4.79 Å². The lowest BCUT2D eigenvalue weighted by molar-refractivity contribution is -0.118. The largest absolute Gasteiger partial charge is 0.493 e. The van der Waals surface area contributed by atoms with Crippen molar-refractivity contribution in [2.75, 3.05) is 40.0 Å². The number of nitrogens with two attached hydrogens (primary N) is 1. The number of hydrogen-bond donors (Lipinski definition) is 3. The summed E-state index contributed by atoms with van der Waals surface area (Å²) in [5.74, 6) is 0.979. The maximum absolute atomic E-state index is 13.1. The fourth-order valence-corrected chi connectivity index (χ4v) is 3.92. The third-order valence-corrected chi connectivity index (χ3v) is 5.76. The van der Waals surface area contributed by atoms with Gasteiger partial charge in [0.05, 0.1) is 20.3 Å². The first-order chi connectivity index (χ1) is 18.6. The van der Waals surface area contributed by atoms with Crippen LogP contribution >= 0.6 is 0 Å². The van der Waals surface area contributed by atoms with E-state index in [4.69, 9.17) is 29.4 Å². The van der Waals surface area contributed by atoms with Crippen molar-refractivity contribution in [3.8, 4) is 11.5 Å². The second-order valence-corrected chi connectivity index (χ2v) is 10.0. The molecular weight excluding hydrogens is 502 g/mol. The number of benzene rings is 2. The number of rotatable bonds is 15.